The highest BCUT2D eigenvalue weighted by molar-refractivity contribution is 5.84. The summed E-state index contributed by atoms with van der Waals surface area (Å²) in [5, 5.41) is 9.70. The van der Waals surface area contributed by atoms with Crippen LogP contribution in [0.5, 0.6) is 0 Å². The van der Waals surface area contributed by atoms with Crippen molar-refractivity contribution in [1.29, 1.82) is 0 Å². The summed E-state index contributed by atoms with van der Waals surface area (Å²) in [5.41, 5.74) is -0.908. The lowest BCUT2D eigenvalue weighted by atomic mass is 9.82. The quantitative estimate of drug-likeness (QED) is 0.718. The molecular weight excluding hydrogens is 182 g/mol. The van der Waals surface area contributed by atoms with Gasteiger partial charge in [0, 0.05) is 20.5 Å². The number of rotatable bonds is 4. The first-order valence-electron chi connectivity index (χ1n) is 4.58. The van der Waals surface area contributed by atoms with Gasteiger partial charge in [0.05, 0.1) is 11.5 Å². The molecule has 0 rings (SSSR count). The summed E-state index contributed by atoms with van der Waals surface area (Å²) in [6.45, 7) is 4.69. The number of ketones is 1. The third-order valence-corrected chi connectivity index (χ3v) is 2.27. The fourth-order valence-electron chi connectivity index (χ4n) is 1.25. The van der Waals surface area contributed by atoms with E-state index in [4.69, 9.17) is 0 Å². The van der Waals surface area contributed by atoms with Gasteiger partial charge in [-0.05, 0) is 20.8 Å². The van der Waals surface area contributed by atoms with Crippen molar-refractivity contribution in [2.24, 2.45) is 5.41 Å². The van der Waals surface area contributed by atoms with Crippen LogP contribution in [0, 0.1) is 5.41 Å². The van der Waals surface area contributed by atoms with Gasteiger partial charge in [-0.1, -0.05) is 0 Å². The van der Waals surface area contributed by atoms with Gasteiger partial charge < -0.3 is 10.0 Å². The summed E-state index contributed by atoms with van der Waals surface area (Å²) in [6, 6.07) is 0. The van der Waals surface area contributed by atoms with E-state index in [-0.39, 0.29) is 18.1 Å². The molecule has 0 aliphatic carbocycles. The van der Waals surface area contributed by atoms with Gasteiger partial charge in [0.25, 0.3) is 0 Å². The molecular formula is C10H19NO3. The zero-order valence-electron chi connectivity index (χ0n) is 9.50. The van der Waals surface area contributed by atoms with E-state index < -0.39 is 11.5 Å². The number of aliphatic hydroxyl groups is 1. The number of hydrogen-bond donors (Lipinski definition) is 1. The molecule has 0 aromatic heterocycles. The van der Waals surface area contributed by atoms with E-state index in [1.54, 1.807) is 27.9 Å². The lowest BCUT2D eigenvalue weighted by Gasteiger charge is -2.31. The van der Waals surface area contributed by atoms with E-state index in [0.717, 1.165) is 0 Å². The third-order valence-electron chi connectivity index (χ3n) is 2.27. The summed E-state index contributed by atoms with van der Waals surface area (Å²) >= 11 is 0. The molecule has 0 saturated carbocycles. The molecule has 0 spiro atoms. The predicted molar refractivity (Wildman–Crippen MR) is 53.8 cm³/mol. The molecule has 0 aliphatic rings. The Morgan fingerprint density at radius 1 is 1.36 bits per heavy atom. The van der Waals surface area contributed by atoms with Crippen LogP contribution < -0.4 is 0 Å². The van der Waals surface area contributed by atoms with Crippen molar-refractivity contribution in [2.45, 2.75) is 33.3 Å². The maximum atomic E-state index is 11.6. The fraction of sp³-hybridized carbons (Fsp3) is 0.800. The number of amides is 1. The molecule has 0 aromatic rings. The Hall–Kier alpha value is -0.900. The summed E-state index contributed by atoms with van der Waals surface area (Å²) in [6.07, 6.45) is -0.901. The monoisotopic (exact) mass is 201 g/mol. The molecule has 0 radical (unpaired) electrons. The molecule has 0 aliphatic heterocycles. The Kier molecular flexibility index (Phi) is 4.26. The third kappa shape index (κ3) is 3.10. The topological polar surface area (TPSA) is 57.6 Å². The average Bonchev–Trinajstić information content (AvgIpc) is 2.01. The number of carbonyl (C=O) groups is 2. The zero-order chi connectivity index (χ0) is 11.5. The van der Waals surface area contributed by atoms with Gasteiger partial charge in [-0.2, -0.15) is 0 Å². The Labute approximate surface area is 84.9 Å². The van der Waals surface area contributed by atoms with Crippen LogP contribution in [0.3, 0.4) is 0 Å². The van der Waals surface area contributed by atoms with Crippen molar-refractivity contribution in [1.82, 2.24) is 4.90 Å². The van der Waals surface area contributed by atoms with Crippen LogP contribution in [0.1, 0.15) is 27.2 Å². The molecule has 0 bridgehead atoms. The average molecular weight is 201 g/mol. The minimum atomic E-state index is -0.921. The lowest BCUT2D eigenvalue weighted by Crippen LogP contribution is -2.44. The lowest BCUT2D eigenvalue weighted by molar-refractivity contribution is -0.145. The number of nitrogens with zero attached hydrogens (tertiary/aromatic N) is 1. The van der Waals surface area contributed by atoms with Gasteiger partial charge in [0.15, 0.2) is 0 Å². The molecule has 1 N–H and O–H groups in total. The number of carbonyl (C=O) groups excluding carboxylic acids is 2. The van der Waals surface area contributed by atoms with Gasteiger partial charge in [0.2, 0.25) is 5.91 Å². The molecule has 0 heterocycles. The Balaban J connectivity index is 4.59. The number of hydrogen-bond acceptors (Lipinski definition) is 3. The minimum absolute atomic E-state index is 0.0204. The van der Waals surface area contributed by atoms with Crippen LogP contribution >= 0.6 is 0 Å². The maximum absolute atomic E-state index is 11.6. The second-order valence-corrected chi connectivity index (χ2v) is 4.34. The minimum Gasteiger partial charge on any atom is -0.392 e. The summed E-state index contributed by atoms with van der Waals surface area (Å²) in [4.78, 5) is 23.9. The fourth-order valence-corrected chi connectivity index (χ4v) is 1.25. The number of aliphatic hydroxyl groups excluding tert-OH is 1. The highest BCUT2D eigenvalue weighted by atomic mass is 16.3. The van der Waals surface area contributed by atoms with Gasteiger partial charge in [-0.15, -0.1) is 0 Å². The molecule has 1 unspecified atom stereocenters. The van der Waals surface area contributed by atoms with Crippen molar-refractivity contribution in [3.63, 3.8) is 0 Å². The van der Waals surface area contributed by atoms with E-state index in [9.17, 15) is 14.7 Å². The summed E-state index contributed by atoms with van der Waals surface area (Å²) in [7, 11) is 3.26. The second-order valence-electron chi connectivity index (χ2n) is 4.34. The number of Topliss-reactive ketones (excluding diaryl/α,β-unsaturated/α-hetero) is 1. The molecule has 0 saturated heterocycles. The summed E-state index contributed by atoms with van der Waals surface area (Å²) in [5.74, 6) is -0.289. The SMILES string of the molecule is CC(=O)CC(O)C(C)(C)C(=O)N(C)C. The van der Waals surface area contributed by atoms with E-state index in [2.05, 4.69) is 0 Å². The van der Waals surface area contributed by atoms with Crippen LogP contribution in [0.15, 0.2) is 0 Å². The van der Waals surface area contributed by atoms with Gasteiger partial charge in [-0.25, -0.2) is 0 Å². The van der Waals surface area contributed by atoms with Crippen LogP contribution in [0.2, 0.25) is 0 Å². The van der Waals surface area contributed by atoms with Crippen LogP contribution in [0.4, 0.5) is 0 Å². The Morgan fingerprint density at radius 2 is 1.79 bits per heavy atom. The van der Waals surface area contributed by atoms with Crippen molar-refractivity contribution in [2.75, 3.05) is 14.1 Å². The Bertz CT molecular complexity index is 234. The zero-order valence-corrected chi connectivity index (χ0v) is 9.50. The van der Waals surface area contributed by atoms with E-state index in [0.29, 0.717) is 0 Å². The van der Waals surface area contributed by atoms with Gasteiger partial charge >= 0.3 is 0 Å². The molecule has 14 heavy (non-hydrogen) atoms. The van der Waals surface area contributed by atoms with Crippen molar-refractivity contribution in [3.05, 3.63) is 0 Å². The van der Waals surface area contributed by atoms with Gasteiger partial charge in [-0.3, -0.25) is 9.59 Å². The molecule has 0 aromatic carbocycles. The van der Waals surface area contributed by atoms with Crippen LogP contribution in [0.25, 0.3) is 0 Å². The van der Waals surface area contributed by atoms with Crippen molar-refractivity contribution in [3.8, 4) is 0 Å². The van der Waals surface area contributed by atoms with E-state index >= 15 is 0 Å². The normalized spacial score (nSPS) is 13.6. The smallest absolute Gasteiger partial charge is 0.230 e. The largest absolute Gasteiger partial charge is 0.392 e. The first-order chi connectivity index (χ1) is 6.19. The van der Waals surface area contributed by atoms with Crippen molar-refractivity contribution < 1.29 is 14.7 Å². The first kappa shape index (κ1) is 13.1. The molecule has 1 amide bonds. The Morgan fingerprint density at radius 3 is 2.07 bits per heavy atom. The molecule has 82 valence electrons. The highest BCUT2D eigenvalue weighted by Gasteiger charge is 2.37. The van der Waals surface area contributed by atoms with E-state index in [1.165, 1.54) is 11.8 Å². The summed E-state index contributed by atoms with van der Waals surface area (Å²) < 4.78 is 0. The molecule has 4 nitrogen and oxygen atoms in total. The van der Waals surface area contributed by atoms with Crippen LogP contribution in [-0.2, 0) is 9.59 Å². The van der Waals surface area contributed by atoms with Gasteiger partial charge in [0.1, 0.15) is 5.78 Å². The highest BCUT2D eigenvalue weighted by Crippen LogP contribution is 2.25. The standard InChI is InChI=1S/C10H19NO3/c1-7(12)6-8(13)10(2,3)9(14)11(4)5/h8,13H,6H2,1-5H3. The predicted octanol–water partition coefficient (Wildman–Crippen LogP) is 0.441. The maximum Gasteiger partial charge on any atom is 0.230 e. The molecule has 1 atom stereocenters. The second kappa shape index (κ2) is 4.55. The van der Waals surface area contributed by atoms with Crippen molar-refractivity contribution >= 4 is 11.7 Å². The van der Waals surface area contributed by atoms with Crippen LogP contribution in [-0.4, -0.2) is 41.9 Å². The van der Waals surface area contributed by atoms with E-state index in [1.807, 2.05) is 0 Å². The first-order valence-corrected chi connectivity index (χ1v) is 4.58. The molecule has 4 heteroatoms. The molecule has 0 fully saturated rings.